The Bertz CT molecular complexity index is 731. The predicted molar refractivity (Wildman–Crippen MR) is 111 cm³/mol. The summed E-state index contributed by atoms with van der Waals surface area (Å²) >= 11 is 0. The minimum Gasteiger partial charge on any atom is -0.368 e. The van der Waals surface area contributed by atoms with Gasteiger partial charge in [0.05, 0.1) is 0 Å². The molecule has 1 saturated carbocycles. The SMILES string of the molecule is NC(=O)C1(NC(=O)NCCC(c2ccccc2)c2ccccc2)CCCCC1. The minimum atomic E-state index is -0.902. The molecule has 28 heavy (non-hydrogen) atoms. The first kappa shape index (κ1) is 19.9. The van der Waals surface area contributed by atoms with Gasteiger partial charge in [-0.25, -0.2) is 4.79 Å². The molecule has 0 unspecified atom stereocenters. The van der Waals surface area contributed by atoms with Crippen LogP contribution in [0.4, 0.5) is 4.79 Å². The second kappa shape index (κ2) is 9.40. The third-order valence-electron chi connectivity index (χ3n) is 5.65. The first-order valence-electron chi connectivity index (χ1n) is 10.1. The van der Waals surface area contributed by atoms with E-state index in [1.807, 2.05) is 36.4 Å². The maximum Gasteiger partial charge on any atom is 0.315 e. The number of benzene rings is 2. The van der Waals surface area contributed by atoms with Gasteiger partial charge in [-0.3, -0.25) is 4.79 Å². The highest BCUT2D eigenvalue weighted by Gasteiger charge is 2.39. The zero-order chi connectivity index (χ0) is 19.8. The second-order valence-electron chi connectivity index (χ2n) is 7.55. The molecule has 0 atom stereocenters. The van der Waals surface area contributed by atoms with Crippen molar-refractivity contribution in [2.24, 2.45) is 5.73 Å². The molecule has 0 bridgehead atoms. The Labute approximate surface area is 166 Å². The predicted octanol–water partition coefficient (Wildman–Crippen LogP) is 3.70. The number of hydrogen-bond acceptors (Lipinski definition) is 2. The van der Waals surface area contributed by atoms with Crippen LogP contribution in [0, 0.1) is 0 Å². The average Bonchev–Trinajstić information content (AvgIpc) is 2.73. The van der Waals surface area contributed by atoms with E-state index < -0.39 is 11.4 Å². The molecule has 0 aliphatic heterocycles. The van der Waals surface area contributed by atoms with Crippen LogP contribution in [-0.2, 0) is 4.79 Å². The number of carbonyl (C=O) groups excluding carboxylic acids is 2. The van der Waals surface area contributed by atoms with Crippen molar-refractivity contribution >= 4 is 11.9 Å². The molecule has 0 heterocycles. The van der Waals surface area contributed by atoms with E-state index in [4.69, 9.17) is 5.73 Å². The van der Waals surface area contributed by atoms with Gasteiger partial charge in [0.2, 0.25) is 5.91 Å². The van der Waals surface area contributed by atoms with Crippen molar-refractivity contribution < 1.29 is 9.59 Å². The van der Waals surface area contributed by atoms with Crippen LogP contribution < -0.4 is 16.4 Å². The van der Waals surface area contributed by atoms with E-state index in [0.29, 0.717) is 19.4 Å². The number of hydrogen-bond donors (Lipinski definition) is 3. The van der Waals surface area contributed by atoms with E-state index in [2.05, 4.69) is 34.9 Å². The number of carbonyl (C=O) groups is 2. The van der Waals surface area contributed by atoms with Gasteiger partial charge in [-0.2, -0.15) is 0 Å². The summed E-state index contributed by atoms with van der Waals surface area (Å²) in [5.74, 6) is -0.240. The Morgan fingerprint density at radius 1 is 0.893 bits per heavy atom. The average molecular weight is 380 g/mol. The summed E-state index contributed by atoms with van der Waals surface area (Å²) in [5.41, 5.74) is 7.13. The zero-order valence-corrected chi connectivity index (χ0v) is 16.2. The van der Waals surface area contributed by atoms with E-state index >= 15 is 0 Å². The van der Waals surface area contributed by atoms with Gasteiger partial charge in [-0.15, -0.1) is 0 Å². The third-order valence-corrected chi connectivity index (χ3v) is 5.65. The highest BCUT2D eigenvalue weighted by atomic mass is 16.2. The molecule has 5 nitrogen and oxygen atoms in total. The lowest BCUT2D eigenvalue weighted by molar-refractivity contribution is -0.125. The van der Waals surface area contributed by atoms with Crippen LogP contribution in [0.15, 0.2) is 60.7 Å². The van der Waals surface area contributed by atoms with Crippen LogP contribution in [0.1, 0.15) is 55.6 Å². The maximum absolute atomic E-state index is 12.4. The van der Waals surface area contributed by atoms with Crippen LogP contribution in [0.25, 0.3) is 0 Å². The lowest BCUT2D eigenvalue weighted by Gasteiger charge is -2.35. The quantitative estimate of drug-likeness (QED) is 0.685. The van der Waals surface area contributed by atoms with Gasteiger partial charge in [-0.1, -0.05) is 79.9 Å². The van der Waals surface area contributed by atoms with Crippen molar-refractivity contribution in [2.45, 2.75) is 50.0 Å². The Balaban J connectivity index is 1.61. The van der Waals surface area contributed by atoms with Crippen molar-refractivity contribution in [1.82, 2.24) is 10.6 Å². The van der Waals surface area contributed by atoms with Gasteiger partial charge < -0.3 is 16.4 Å². The van der Waals surface area contributed by atoms with Crippen LogP contribution in [0.3, 0.4) is 0 Å². The number of primary amides is 1. The van der Waals surface area contributed by atoms with Gasteiger partial charge in [0.15, 0.2) is 0 Å². The molecule has 0 saturated heterocycles. The van der Waals surface area contributed by atoms with Gasteiger partial charge in [0.25, 0.3) is 0 Å². The Kier molecular flexibility index (Phi) is 6.69. The molecule has 0 spiro atoms. The molecule has 3 rings (SSSR count). The summed E-state index contributed by atoms with van der Waals surface area (Å²) in [4.78, 5) is 24.4. The number of amides is 3. The van der Waals surface area contributed by atoms with Crippen molar-refractivity contribution in [1.29, 1.82) is 0 Å². The third kappa shape index (κ3) is 4.91. The number of nitrogens with one attached hydrogen (secondary N) is 2. The van der Waals surface area contributed by atoms with Crippen LogP contribution in [0.5, 0.6) is 0 Å². The molecule has 0 radical (unpaired) electrons. The van der Waals surface area contributed by atoms with Gasteiger partial charge in [0, 0.05) is 12.5 Å². The van der Waals surface area contributed by atoms with Crippen LogP contribution in [-0.4, -0.2) is 24.0 Å². The minimum absolute atomic E-state index is 0.197. The molecule has 4 N–H and O–H groups in total. The molecule has 148 valence electrons. The summed E-state index contributed by atoms with van der Waals surface area (Å²) in [6.45, 7) is 0.509. The number of rotatable bonds is 7. The zero-order valence-electron chi connectivity index (χ0n) is 16.2. The molecular formula is C23H29N3O2. The van der Waals surface area contributed by atoms with E-state index in [9.17, 15) is 9.59 Å². The van der Waals surface area contributed by atoms with Crippen molar-refractivity contribution in [3.63, 3.8) is 0 Å². The molecule has 1 aliphatic carbocycles. The van der Waals surface area contributed by atoms with Crippen LogP contribution in [0.2, 0.25) is 0 Å². The molecule has 3 amide bonds. The summed E-state index contributed by atoms with van der Waals surface area (Å²) < 4.78 is 0. The van der Waals surface area contributed by atoms with Gasteiger partial charge >= 0.3 is 6.03 Å². The lowest BCUT2D eigenvalue weighted by atomic mass is 9.81. The topological polar surface area (TPSA) is 84.2 Å². The normalized spacial score (nSPS) is 15.8. The van der Waals surface area contributed by atoms with Crippen LogP contribution >= 0.6 is 0 Å². The molecule has 1 aliphatic rings. The Morgan fingerprint density at radius 3 is 1.93 bits per heavy atom. The maximum atomic E-state index is 12.4. The van der Waals surface area contributed by atoms with E-state index in [1.165, 1.54) is 11.1 Å². The first-order chi connectivity index (χ1) is 13.6. The van der Waals surface area contributed by atoms with Crippen molar-refractivity contribution in [3.8, 4) is 0 Å². The van der Waals surface area contributed by atoms with Gasteiger partial charge in [-0.05, 0) is 30.4 Å². The fourth-order valence-corrected chi connectivity index (χ4v) is 4.08. The fraction of sp³-hybridized carbons (Fsp3) is 0.391. The molecule has 5 heteroatoms. The van der Waals surface area contributed by atoms with E-state index in [-0.39, 0.29) is 11.9 Å². The molecule has 1 fully saturated rings. The lowest BCUT2D eigenvalue weighted by Crippen LogP contribution is -2.60. The smallest absolute Gasteiger partial charge is 0.315 e. The molecular weight excluding hydrogens is 350 g/mol. The second-order valence-corrected chi connectivity index (χ2v) is 7.55. The Hall–Kier alpha value is -2.82. The standard InChI is InChI=1S/C23H29N3O2/c24-21(27)23(15-8-3-9-16-23)26-22(28)25-17-14-20(18-10-4-1-5-11-18)19-12-6-2-7-13-19/h1-2,4-7,10-13,20H,3,8-9,14-17H2,(H2,24,27)(H2,25,26,28). The summed E-state index contributed by atoms with van der Waals surface area (Å²) in [7, 11) is 0. The summed E-state index contributed by atoms with van der Waals surface area (Å²) in [5, 5.41) is 5.78. The highest BCUT2D eigenvalue weighted by Crippen LogP contribution is 2.29. The largest absolute Gasteiger partial charge is 0.368 e. The first-order valence-corrected chi connectivity index (χ1v) is 10.1. The van der Waals surface area contributed by atoms with Crippen molar-refractivity contribution in [3.05, 3.63) is 71.8 Å². The van der Waals surface area contributed by atoms with Gasteiger partial charge in [0.1, 0.15) is 5.54 Å². The fourth-order valence-electron chi connectivity index (χ4n) is 4.08. The summed E-state index contributed by atoms with van der Waals surface area (Å²) in [6, 6.07) is 20.3. The van der Waals surface area contributed by atoms with E-state index in [0.717, 1.165) is 25.7 Å². The van der Waals surface area contributed by atoms with E-state index in [1.54, 1.807) is 0 Å². The Morgan fingerprint density at radius 2 is 1.43 bits per heavy atom. The molecule has 0 aromatic heterocycles. The number of urea groups is 1. The number of nitrogens with two attached hydrogens (primary N) is 1. The van der Waals surface area contributed by atoms with Crippen molar-refractivity contribution in [2.75, 3.05) is 6.54 Å². The monoisotopic (exact) mass is 379 g/mol. The molecule has 2 aromatic rings. The highest BCUT2D eigenvalue weighted by molar-refractivity contribution is 5.90. The summed E-state index contributed by atoms with van der Waals surface area (Å²) in [6.07, 6.45) is 4.90. The molecule has 2 aromatic carbocycles.